The average molecular weight is 504 g/mol. The van der Waals surface area contributed by atoms with Crippen LogP contribution in [0.3, 0.4) is 0 Å². The minimum atomic E-state index is -4.46. The minimum absolute atomic E-state index is 0.0411. The van der Waals surface area contributed by atoms with Gasteiger partial charge in [0.05, 0.1) is 25.9 Å². The molecule has 2 N–H and O–H groups in total. The van der Waals surface area contributed by atoms with E-state index in [1.165, 1.54) is 14.2 Å². The average Bonchev–Trinajstić information content (AvgIpc) is 3.16. The Morgan fingerprint density at radius 3 is 2.26 bits per heavy atom. The lowest BCUT2D eigenvalue weighted by Crippen LogP contribution is -2.58. The Morgan fingerprint density at radius 2 is 1.69 bits per heavy atom. The Hall–Kier alpha value is -3.02. The van der Waals surface area contributed by atoms with Gasteiger partial charge in [0.1, 0.15) is 28.9 Å². The zero-order valence-corrected chi connectivity index (χ0v) is 20.2. The van der Waals surface area contributed by atoms with Gasteiger partial charge in [-0.3, -0.25) is 18.9 Å². The lowest BCUT2D eigenvalue weighted by Gasteiger charge is -2.45. The van der Waals surface area contributed by atoms with Crippen molar-refractivity contribution in [2.24, 2.45) is 11.3 Å². The summed E-state index contributed by atoms with van der Waals surface area (Å²) in [5.74, 6) is -2.98. The summed E-state index contributed by atoms with van der Waals surface area (Å²) in [4.78, 5) is 42.0. The summed E-state index contributed by atoms with van der Waals surface area (Å²) in [6.45, 7) is 1.19. The molecule has 0 unspecified atom stereocenters. The molecule has 0 bridgehead atoms. The normalized spacial score (nSPS) is 29.9. The number of fused-ring (bicyclic) bond motifs is 3. The summed E-state index contributed by atoms with van der Waals surface area (Å²) < 4.78 is 42.9. The first-order valence-corrected chi connectivity index (χ1v) is 12.7. The van der Waals surface area contributed by atoms with Crippen molar-refractivity contribution in [3.63, 3.8) is 0 Å². The van der Waals surface area contributed by atoms with Gasteiger partial charge < -0.3 is 19.5 Å². The summed E-state index contributed by atoms with van der Waals surface area (Å²) in [6, 6.07) is 6.85. The maximum absolute atomic E-state index is 14.1. The van der Waals surface area contributed by atoms with E-state index >= 15 is 0 Å². The fourth-order valence-electron chi connectivity index (χ4n) is 6.43. The van der Waals surface area contributed by atoms with Crippen LogP contribution in [-0.4, -0.2) is 73.2 Å². The van der Waals surface area contributed by atoms with Crippen LogP contribution in [0.25, 0.3) is 10.8 Å². The highest BCUT2D eigenvalue weighted by Crippen LogP contribution is 2.65. The number of nitrogens with zero attached hydrogens (tertiary/aromatic N) is 1. The van der Waals surface area contributed by atoms with Gasteiger partial charge in [-0.25, -0.2) is 0 Å². The predicted octanol–water partition coefficient (Wildman–Crippen LogP) is 1.32. The second-order valence-electron chi connectivity index (χ2n) is 9.52. The van der Waals surface area contributed by atoms with Crippen molar-refractivity contribution in [3.8, 4) is 11.5 Å². The molecule has 2 aromatic carbocycles. The molecule has 2 aromatic rings. The number of carbonyl (C=O) groups excluding carboxylic acids is 3. The predicted molar refractivity (Wildman–Crippen MR) is 123 cm³/mol. The van der Waals surface area contributed by atoms with Crippen molar-refractivity contribution < 1.29 is 41.9 Å². The van der Waals surface area contributed by atoms with Crippen molar-refractivity contribution in [1.29, 1.82) is 0 Å². The maximum Gasteiger partial charge on any atom is 0.266 e. The van der Waals surface area contributed by atoms with Crippen LogP contribution in [0.5, 0.6) is 11.5 Å². The lowest BCUT2D eigenvalue weighted by molar-refractivity contribution is -0.143. The van der Waals surface area contributed by atoms with Crippen molar-refractivity contribution in [3.05, 3.63) is 35.4 Å². The molecule has 2 fully saturated rings. The van der Waals surface area contributed by atoms with Gasteiger partial charge >= 0.3 is 0 Å². The number of aliphatic hydroxyl groups is 1. The lowest BCUT2D eigenvalue weighted by atomic mass is 9.52. The molecule has 1 amide bonds. The summed E-state index contributed by atoms with van der Waals surface area (Å²) in [5, 5.41) is 12.3. The van der Waals surface area contributed by atoms with Crippen LogP contribution >= 0.6 is 0 Å². The highest BCUT2D eigenvalue weighted by Gasteiger charge is 2.77. The highest BCUT2D eigenvalue weighted by atomic mass is 32.2. The molecule has 1 heterocycles. The smallest absolute Gasteiger partial charge is 0.266 e. The third kappa shape index (κ3) is 2.88. The zero-order chi connectivity index (χ0) is 25.5. The van der Waals surface area contributed by atoms with E-state index in [0.29, 0.717) is 27.8 Å². The number of hydrogen-bond acceptors (Lipinski definition) is 8. The Kier molecular flexibility index (Phi) is 5.07. The zero-order valence-electron chi connectivity index (χ0n) is 19.4. The highest BCUT2D eigenvalue weighted by molar-refractivity contribution is 7.85. The molecule has 186 valence electrons. The monoisotopic (exact) mass is 503 g/mol. The van der Waals surface area contributed by atoms with Gasteiger partial charge in [-0.1, -0.05) is 6.92 Å². The molecular weight excluding hydrogens is 478 g/mol. The molecule has 5 rings (SSSR count). The van der Waals surface area contributed by atoms with E-state index in [1.807, 2.05) is 0 Å². The number of benzene rings is 2. The first-order chi connectivity index (χ1) is 16.4. The Bertz CT molecular complexity index is 1420. The molecular formula is C24H25NO9S. The Balaban J connectivity index is 1.76. The third-order valence-electron chi connectivity index (χ3n) is 8.07. The fourth-order valence-corrected chi connectivity index (χ4v) is 6.86. The number of rotatable bonds is 5. The number of aliphatic hydroxyl groups excluding tert-OH is 1. The maximum atomic E-state index is 14.1. The van der Waals surface area contributed by atoms with E-state index in [1.54, 1.807) is 31.2 Å². The van der Waals surface area contributed by atoms with E-state index in [2.05, 4.69) is 0 Å². The molecule has 0 radical (unpaired) electrons. The number of methoxy groups -OCH3 is 2. The van der Waals surface area contributed by atoms with Crippen LogP contribution in [0.4, 0.5) is 0 Å². The number of likely N-dealkylation sites (tertiary alicyclic amines) is 1. The van der Waals surface area contributed by atoms with Gasteiger partial charge in [-0.2, -0.15) is 8.42 Å². The van der Waals surface area contributed by atoms with Gasteiger partial charge in [0.25, 0.3) is 10.1 Å². The molecule has 4 atom stereocenters. The van der Waals surface area contributed by atoms with Crippen LogP contribution in [0, 0.1) is 11.3 Å². The summed E-state index contributed by atoms with van der Waals surface area (Å²) in [5.41, 5.74) is -2.23. The van der Waals surface area contributed by atoms with Crippen molar-refractivity contribution in [2.75, 3.05) is 26.5 Å². The van der Waals surface area contributed by atoms with E-state index in [9.17, 15) is 32.5 Å². The van der Waals surface area contributed by atoms with Crippen molar-refractivity contribution in [1.82, 2.24) is 4.90 Å². The van der Waals surface area contributed by atoms with E-state index in [4.69, 9.17) is 9.47 Å². The molecule has 1 spiro atoms. The molecule has 1 saturated heterocycles. The summed E-state index contributed by atoms with van der Waals surface area (Å²) in [7, 11) is -1.45. The Morgan fingerprint density at radius 1 is 1.09 bits per heavy atom. The van der Waals surface area contributed by atoms with Crippen LogP contribution in [0.1, 0.15) is 35.7 Å². The van der Waals surface area contributed by atoms with Gasteiger partial charge in [0.2, 0.25) is 5.91 Å². The van der Waals surface area contributed by atoms with Gasteiger partial charge in [0, 0.05) is 34.7 Å². The second kappa shape index (κ2) is 7.49. The number of ether oxygens (including phenoxy) is 2. The first kappa shape index (κ1) is 23.7. The molecule has 3 aliphatic rings. The van der Waals surface area contributed by atoms with Crippen LogP contribution in [0.15, 0.2) is 24.3 Å². The fraction of sp³-hybridized carbons (Fsp3) is 0.458. The first-order valence-electron chi connectivity index (χ1n) is 11.1. The van der Waals surface area contributed by atoms with Gasteiger partial charge in [-0.15, -0.1) is 0 Å². The van der Waals surface area contributed by atoms with Gasteiger partial charge in [-0.05, 0) is 36.2 Å². The van der Waals surface area contributed by atoms with Gasteiger partial charge in [0.15, 0.2) is 5.78 Å². The van der Waals surface area contributed by atoms with Crippen LogP contribution < -0.4 is 9.47 Å². The van der Waals surface area contributed by atoms with E-state index in [-0.39, 0.29) is 18.4 Å². The molecule has 2 aliphatic carbocycles. The molecule has 35 heavy (non-hydrogen) atoms. The molecule has 0 aromatic heterocycles. The third-order valence-corrected chi connectivity index (χ3v) is 8.77. The topological polar surface area (TPSA) is 148 Å². The molecule has 1 aliphatic heterocycles. The molecule has 1 saturated carbocycles. The SMILES string of the molecule is COc1ccc(OC)c2cc3c(cc12)C(=O)[C@]12C(=O)N(CCS(=O)(=O)O)[C@H](O)[C@@H]1C(=O)CC[C@@]32C. The Labute approximate surface area is 201 Å². The standard InChI is InChI=1S/C24H25NO9S/c1-23-7-6-16(26)19-21(28)25(8-9-35(30,31)32)22(29)24(19,23)20(27)14-10-12-13(11-15(14)23)18(34-3)5-4-17(12)33-2/h4-5,10-11,19,21,28H,6-9H2,1-3H3,(H,30,31,32)/t19-,21+,23-,24-/m0/s1. The van der Waals surface area contributed by atoms with E-state index < -0.39 is 62.9 Å². The number of Topliss-reactive ketones (excluding diaryl/α,β-unsaturated/α-hetero) is 2. The molecule has 10 nitrogen and oxygen atoms in total. The number of amides is 1. The van der Waals surface area contributed by atoms with Crippen molar-refractivity contribution in [2.45, 2.75) is 31.4 Å². The van der Waals surface area contributed by atoms with Crippen molar-refractivity contribution >= 4 is 38.4 Å². The summed E-state index contributed by atoms with van der Waals surface area (Å²) in [6.07, 6.45) is -1.45. The van der Waals surface area contributed by atoms with Crippen LogP contribution in [-0.2, 0) is 25.1 Å². The number of hydrogen-bond donors (Lipinski definition) is 2. The summed E-state index contributed by atoms with van der Waals surface area (Å²) >= 11 is 0. The van der Waals surface area contributed by atoms with Crippen LogP contribution in [0.2, 0.25) is 0 Å². The minimum Gasteiger partial charge on any atom is -0.496 e. The quantitative estimate of drug-likeness (QED) is 0.455. The molecule has 11 heteroatoms. The second-order valence-corrected chi connectivity index (χ2v) is 11.1. The number of carbonyl (C=O) groups is 3. The number of ketones is 2. The van der Waals surface area contributed by atoms with E-state index in [0.717, 1.165) is 4.90 Å². The largest absolute Gasteiger partial charge is 0.496 e.